The summed E-state index contributed by atoms with van der Waals surface area (Å²) in [7, 11) is 0. The van der Waals surface area contributed by atoms with Crippen LogP contribution in [0.1, 0.15) is 13.3 Å². The van der Waals surface area contributed by atoms with Gasteiger partial charge in [-0.3, -0.25) is 14.9 Å². The molecule has 0 bridgehead atoms. The first-order valence-electron chi connectivity index (χ1n) is 5.47. The normalized spacial score (nSPS) is 9.83. The average molecular weight is 253 g/mol. The van der Waals surface area contributed by atoms with Crippen molar-refractivity contribution < 1.29 is 14.5 Å². The van der Waals surface area contributed by atoms with Crippen LogP contribution in [0.5, 0.6) is 5.75 Å². The number of primary amides is 1. The first-order chi connectivity index (χ1) is 8.52. The fraction of sp³-hybridized carbons (Fsp3) is 0.364. The number of nitro benzene ring substituents is 1. The molecule has 0 unspecified atom stereocenters. The van der Waals surface area contributed by atoms with E-state index in [0.29, 0.717) is 24.6 Å². The first kappa shape index (κ1) is 13.8. The van der Waals surface area contributed by atoms with Gasteiger partial charge in [0.1, 0.15) is 5.75 Å². The lowest BCUT2D eigenvalue weighted by atomic mass is 10.2. The Hall–Kier alpha value is -2.31. The zero-order valence-corrected chi connectivity index (χ0v) is 10.0. The summed E-state index contributed by atoms with van der Waals surface area (Å²) >= 11 is 0. The van der Waals surface area contributed by atoms with Gasteiger partial charge in [-0.1, -0.05) is 0 Å². The third-order valence-corrected chi connectivity index (χ3v) is 2.11. The number of amides is 1. The second kappa shape index (κ2) is 6.43. The highest BCUT2D eigenvalue weighted by Gasteiger charge is 2.10. The Kier molecular flexibility index (Phi) is 4.91. The molecule has 0 aromatic heterocycles. The molecule has 1 aromatic carbocycles. The van der Waals surface area contributed by atoms with Crippen molar-refractivity contribution >= 4 is 17.3 Å². The molecule has 98 valence electrons. The predicted octanol–water partition coefficient (Wildman–Crippen LogP) is 1.28. The number of carbonyl (C=O) groups excluding carboxylic acids is 1. The molecule has 0 radical (unpaired) electrons. The van der Waals surface area contributed by atoms with Crippen molar-refractivity contribution in [3.8, 4) is 5.75 Å². The Balaban J connectivity index is 2.82. The zero-order valence-electron chi connectivity index (χ0n) is 10.0. The van der Waals surface area contributed by atoms with Gasteiger partial charge in [0.2, 0.25) is 5.91 Å². The molecule has 3 N–H and O–H groups in total. The SMILES string of the molecule is CCOc1cc(NCCC(N)=O)cc([N+](=O)[O-])c1. The second-order valence-corrected chi connectivity index (χ2v) is 3.55. The molecule has 0 aliphatic rings. The summed E-state index contributed by atoms with van der Waals surface area (Å²) < 4.78 is 5.23. The number of hydrogen-bond donors (Lipinski definition) is 2. The van der Waals surface area contributed by atoms with Crippen LogP contribution in [0.4, 0.5) is 11.4 Å². The number of non-ortho nitro benzene ring substituents is 1. The number of rotatable bonds is 7. The Bertz CT molecular complexity index is 448. The third-order valence-electron chi connectivity index (χ3n) is 2.11. The maximum Gasteiger partial charge on any atom is 0.275 e. The molecule has 0 fully saturated rings. The highest BCUT2D eigenvalue weighted by atomic mass is 16.6. The number of ether oxygens (including phenoxy) is 1. The Labute approximate surface area is 104 Å². The fourth-order valence-electron chi connectivity index (χ4n) is 1.37. The first-order valence-corrected chi connectivity index (χ1v) is 5.47. The molecule has 0 aliphatic carbocycles. The largest absolute Gasteiger partial charge is 0.494 e. The van der Waals surface area contributed by atoms with Crippen LogP contribution in [0.3, 0.4) is 0 Å². The summed E-state index contributed by atoms with van der Waals surface area (Å²) in [5.74, 6) is -0.0220. The lowest BCUT2D eigenvalue weighted by molar-refractivity contribution is -0.384. The summed E-state index contributed by atoms with van der Waals surface area (Å²) in [6, 6.07) is 4.36. The van der Waals surface area contributed by atoms with E-state index in [1.165, 1.54) is 12.1 Å². The molecular formula is C11H15N3O4. The maximum atomic E-state index is 10.7. The van der Waals surface area contributed by atoms with Crippen LogP contribution >= 0.6 is 0 Å². The van der Waals surface area contributed by atoms with Gasteiger partial charge in [-0.2, -0.15) is 0 Å². The van der Waals surface area contributed by atoms with E-state index in [9.17, 15) is 14.9 Å². The standard InChI is InChI=1S/C11H15N3O4/c1-2-18-10-6-8(13-4-3-11(12)15)5-9(7-10)14(16)17/h5-7,13H,2-4H2,1H3,(H2,12,15). The van der Waals surface area contributed by atoms with E-state index in [0.717, 1.165) is 0 Å². The highest BCUT2D eigenvalue weighted by Crippen LogP contribution is 2.25. The van der Waals surface area contributed by atoms with E-state index in [-0.39, 0.29) is 12.1 Å². The van der Waals surface area contributed by atoms with Crippen LogP contribution in [-0.4, -0.2) is 24.0 Å². The van der Waals surface area contributed by atoms with Gasteiger partial charge in [0.15, 0.2) is 0 Å². The van der Waals surface area contributed by atoms with E-state index in [1.807, 2.05) is 0 Å². The fourth-order valence-corrected chi connectivity index (χ4v) is 1.37. The van der Waals surface area contributed by atoms with Crippen molar-refractivity contribution in [3.63, 3.8) is 0 Å². The summed E-state index contributed by atoms with van der Waals surface area (Å²) in [5, 5.41) is 13.6. The van der Waals surface area contributed by atoms with Gasteiger partial charge in [-0.05, 0) is 6.92 Å². The van der Waals surface area contributed by atoms with E-state index in [4.69, 9.17) is 10.5 Å². The molecule has 0 spiro atoms. The van der Waals surface area contributed by atoms with Crippen LogP contribution < -0.4 is 15.8 Å². The Morgan fingerprint density at radius 1 is 1.50 bits per heavy atom. The zero-order chi connectivity index (χ0) is 13.5. The summed E-state index contributed by atoms with van der Waals surface area (Å²) in [6.07, 6.45) is 0.159. The molecule has 7 nitrogen and oxygen atoms in total. The maximum absolute atomic E-state index is 10.7. The smallest absolute Gasteiger partial charge is 0.275 e. The number of benzene rings is 1. The van der Waals surface area contributed by atoms with Crippen LogP contribution in [0.15, 0.2) is 18.2 Å². The minimum atomic E-state index is -0.498. The van der Waals surface area contributed by atoms with Gasteiger partial charge in [0.25, 0.3) is 5.69 Å². The lowest BCUT2D eigenvalue weighted by Crippen LogP contribution is -2.15. The number of nitrogens with two attached hydrogens (primary N) is 1. The molecule has 0 atom stereocenters. The average Bonchev–Trinajstić information content (AvgIpc) is 2.28. The monoisotopic (exact) mass is 253 g/mol. The number of nitro groups is 1. The number of nitrogens with one attached hydrogen (secondary N) is 1. The van der Waals surface area contributed by atoms with Crippen molar-refractivity contribution in [2.24, 2.45) is 5.73 Å². The molecule has 1 aromatic rings. The van der Waals surface area contributed by atoms with Gasteiger partial charge < -0.3 is 15.8 Å². The Morgan fingerprint density at radius 2 is 2.22 bits per heavy atom. The molecule has 18 heavy (non-hydrogen) atoms. The molecule has 0 saturated carbocycles. The van der Waals surface area contributed by atoms with Crippen LogP contribution in [0.2, 0.25) is 0 Å². The van der Waals surface area contributed by atoms with E-state index in [2.05, 4.69) is 5.32 Å². The molecule has 0 saturated heterocycles. The Morgan fingerprint density at radius 3 is 2.78 bits per heavy atom. The molecule has 1 rings (SSSR count). The van der Waals surface area contributed by atoms with Crippen LogP contribution in [-0.2, 0) is 4.79 Å². The van der Waals surface area contributed by atoms with Crippen molar-refractivity contribution in [2.75, 3.05) is 18.5 Å². The highest BCUT2D eigenvalue weighted by molar-refractivity contribution is 5.74. The van der Waals surface area contributed by atoms with Gasteiger partial charge >= 0.3 is 0 Å². The topological polar surface area (TPSA) is 107 Å². The van der Waals surface area contributed by atoms with Gasteiger partial charge in [0, 0.05) is 30.8 Å². The molecule has 0 aliphatic heterocycles. The van der Waals surface area contributed by atoms with Crippen molar-refractivity contribution in [2.45, 2.75) is 13.3 Å². The van der Waals surface area contributed by atoms with Crippen molar-refractivity contribution in [1.82, 2.24) is 0 Å². The molecular weight excluding hydrogens is 238 g/mol. The number of carbonyl (C=O) groups is 1. The quantitative estimate of drug-likeness (QED) is 0.562. The minimum absolute atomic E-state index is 0.0671. The number of anilines is 1. The van der Waals surface area contributed by atoms with Gasteiger partial charge in [-0.15, -0.1) is 0 Å². The van der Waals surface area contributed by atoms with Gasteiger partial charge in [-0.25, -0.2) is 0 Å². The summed E-state index contributed by atoms with van der Waals surface area (Å²) in [5.41, 5.74) is 5.46. The van der Waals surface area contributed by atoms with E-state index in [1.54, 1.807) is 13.0 Å². The number of hydrogen-bond acceptors (Lipinski definition) is 5. The van der Waals surface area contributed by atoms with E-state index >= 15 is 0 Å². The lowest BCUT2D eigenvalue weighted by Gasteiger charge is -2.08. The summed E-state index contributed by atoms with van der Waals surface area (Å²) in [6.45, 7) is 2.53. The minimum Gasteiger partial charge on any atom is -0.494 e. The third kappa shape index (κ3) is 4.28. The van der Waals surface area contributed by atoms with Crippen molar-refractivity contribution in [3.05, 3.63) is 28.3 Å². The van der Waals surface area contributed by atoms with E-state index < -0.39 is 10.8 Å². The molecule has 0 heterocycles. The van der Waals surface area contributed by atoms with Crippen molar-refractivity contribution in [1.29, 1.82) is 0 Å². The van der Waals surface area contributed by atoms with Crippen LogP contribution in [0, 0.1) is 10.1 Å². The molecule has 1 amide bonds. The predicted molar refractivity (Wildman–Crippen MR) is 66.6 cm³/mol. The molecule has 7 heteroatoms. The van der Waals surface area contributed by atoms with Gasteiger partial charge in [0.05, 0.1) is 17.6 Å². The second-order valence-electron chi connectivity index (χ2n) is 3.55. The summed E-state index contributed by atoms with van der Waals surface area (Å²) in [4.78, 5) is 20.8. The number of nitrogens with zero attached hydrogens (tertiary/aromatic N) is 1. The van der Waals surface area contributed by atoms with Crippen LogP contribution in [0.25, 0.3) is 0 Å².